The number of halogens is 3. The van der Waals surface area contributed by atoms with Crippen LogP contribution in [0, 0.1) is 3.57 Å². The van der Waals surface area contributed by atoms with Gasteiger partial charge in [0.1, 0.15) is 11.9 Å². The lowest BCUT2D eigenvalue weighted by Crippen LogP contribution is -2.42. The van der Waals surface area contributed by atoms with E-state index in [0.29, 0.717) is 22.2 Å². The summed E-state index contributed by atoms with van der Waals surface area (Å²) in [6.07, 6.45) is 2.08. The summed E-state index contributed by atoms with van der Waals surface area (Å²) in [5, 5.41) is 4.03. The lowest BCUT2D eigenvalue weighted by molar-refractivity contribution is 0.0905. The fraction of sp³-hybridized carbons (Fsp3) is 0.350. The quantitative estimate of drug-likeness (QED) is 0.554. The average molecular weight is 519 g/mol. The molecule has 0 bridgehead atoms. The summed E-state index contributed by atoms with van der Waals surface area (Å²) in [6.45, 7) is 3.38. The van der Waals surface area contributed by atoms with Crippen LogP contribution in [-0.4, -0.2) is 43.1 Å². The number of hydrogen-bond acceptors (Lipinski definition) is 3. The molecule has 1 amide bonds. The lowest BCUT2D eigenvalue weighted by Gasteiger charge is -2.32. The van der Waals surface area contributed by atoms with Gasteiger partial charge in [-0.25, -0.2) is 0 Å². The number of benzene rings is 2. The fourth-order valence-corrected chi connectivity index (χ4v) is 3.67. The molecule has 7 heteroatoms. The Kier molecular flexibility index (Phi) is 7.64. The average Bonchev–Trinajstić information content (AvgIpc) is 2.66. The van der Waals surface area contributed by atoms with Crippen molar-refractivity contribution in [1.82, 2.24) is 10.2 Å². The van der Waals surface area contributed by atoms with E-state index in [1.807, 2.05) is 30.3 Å². The van der Waals surface area contributed by atoms with Crippen molar-refractivity contribution in [2.45, 2.75) is 18.9 Å². The topological polar surface area (TPSA) is 41.6 Å². The van der Waals surface area contributed by atoms with E-state index in [-0.39, 0.29) is 12.0 Å². The molecule has 0 aliphatic carbocycles. The second kappa shape index (κ2) is 9.96. The van der Waals surface area contributed by atoms with Gasteiger partial charge in [0, 0.05) is 41.4 Å². The maximum atomic E-state index is 12.1. The molecule has 2 aromatic carbocycles. The molecule has 0 radical (unpaired) electrons. The number of nitrogens with zero attached hydrogens (tertiary/aromatic N) is 1. The van der Waals surface area contributed by atoms with Gasteiger partial charge >= 0.3 is 0 Å². The Labute approximate surface area is 183 Å². The Morgan fingerprint density at radius 1 is 1.11 bits per heavy atom. The Balaban J connectivity index is 1.37. The van der Waals surface area contributed by atoms with Crippen LogP contribution in [0.2, 0.25) is 10.0 Å². The number of piperidine rings is 1. The molecule has 27 heavy (non-hydrogen) atoms. The molecule has 1 fully saturated rings. The zero-order valence-corrected chi connectivity index (χ0v) is 18.4. The van der Waals surface area contributed by atoms with Gasteiger partial charge in [-0.05, 0) is 71.8 Å². The molecule has 0 saturated carbocycles. The van der Waals surface area contributed by atoms with Crippen molar-refractivity contribution in [2.24, 2.45) is 0 Å². The van der Waals surface area contributed by atoms with E-state index in [0.717, 1.165) is 41.8 Å². The van der Waals surface area contributed by atoms with Crippen LogP contribution < -0.4 is 10.1 Å². The van der Waals surface area contributed by atoms with Crippen molar-refractivity contribution in [1.29, 1.82) is 0 Å². The summed E-state index contributed by atoms with van der Waals surface area (Å²) in [6, 6.07) is 12.9. The molecule has 0 aromatic heterocycles. The predicted octanol–water partition coefficient (Wildman–Crippen LogP) is 4.87. The summed E-state index contributed by atoms with van der Waals surface area (Å²) in [5.74, 6) is 0.733. The van der Waals surface area contributed by atoms with Gasteiger partial charge in [0.25, 0.3) is 5.91 Å². The summed E-state index contributed by atoms with van der Waals surface area (Å²) in [4.78, 5) is 14.5. The van der Waals surface area contributed by atoms with Crippen molar-refractivity contribution in [3.8, 4) is 5.75 Å². The molecule has 2 aromatic rings. The van der Waals surface area contributed by atoms with Crippen molar-refractivity contribution < 1.29 is 9.53 Å². The van der Waals surface area contributed by atoms with Gasteiger partial charge in [0.2, 0.25) is 0 Å². The van der Waals surface area contributed by atoms with Gasteiger partial charge in [-0.2, -0.15) is 0 Å². The zero-order chi connectivity index (χ0) is 19.2. The standard InChI is InChI=1S/C20H21Cl2IN2O2/c21-18-6-5-17(13-19(18)22)27-16-7-10-25(11-8-16)12-9-24-20(26)14-1-3-15(23)4-2-14/h1-6,13,16H,7-12H2,(H,24,26). The van der Waals surface area contributed by atoms with E-state index in [4.69, 9.17) is 27.9 Å². The molecular formula is C20H21Cl2IN2O2. The maximum absolute atomic E-state index is 12.1. The van der Waals surface area contributed by atoms with E-state index in [9.17, 15) is 4.79 Å². The largest absolute Gasteiger partial charge is 0.490 e. The zero-order valence-electron chi connectivity index (χ0n) is 14.8. The van der Waals surface area contributed by atoms with E-state index in [2.05, 4.69) is 32.8 Å². The van der Waals surface area contributed by atoms with Crippen LogP contribution in [0.1, 0.15) is 23.2 Å². The molecule has 1 heterocycles. The molecule has 144 valence electrons. The van der Waals surface area contributed by atoms with Crippen molar-refractivity contribution >= 4 is 51.7 Å². The third kappa shape index (κ3) is 6.24. The Morgan fingerprint density at radius 2 is 1.81 bits per heavy atom. The van der Waals surface area contributed by atoms with E-state index in [1.54, 1.807) is 12.1 Å². The van der Waals surface area contributed by atoms with Gasteiger partial charge < -0.3 is 15.0 Å². The second-order valence-electron chi connectivity index (χ2n) is 6.50. The van der Waals surface area contributed by atoms with Crippen LogP contribution in [0.25, 0.3) is 0 Å². The Bertz CT molecular complexity index is 778. The van der Waals surface area contributed by atoms with Crippen molar-refractivity contribution in [3.05, 3.63) is 61.6 Å². The first-order chi connectivity index (χ1) is 13.0. The number of nitrogens with one attached hydrogen (secondary N) is 1. The van der Waals surface area contributed by atoms with Crippen LogP contribution in [0.4, 0.5) is 0 Å². The fourth-order valence-electron chi connectivity index (χ4n) is 3.02. The van der Waals surface area contributed by atoms with Gasteiger partial charge in [0.15, 0.2) is 0 Å². The van der Waals surface area contributed by atoms with Gasteiger partial charge in [0.05, 0.1) is 10.0 Å². The molecule has 1 aliphatic rings. The maximum Gasteiger partial charge on any atom is 0.251 e. The summed E-state index contributed by atoms with van der Waals surface area (Å²) in [5.41, 5.74) is 0.698. The highest BCUT2D eigenvalue weighted by atomic mass is 127. The number of carbonyl (C=O) groups is 1. The number of rotatable bonds is 6. The summed E-state index contributed by atoms with van der Waals surface area (Å²) < 4.78 is 7.13. The molecule has 1 aliphatic heterocycles. The number of ether oxygens (including phenoxy) is 1. The van der Waals surface area contributed by atoms with Crippen LogP contribution >= 0.6 is 45.8 Å². The third-order valence-corrected chi connectivity index (χ3v) is 6.01. The van der Waals surface area contributed by atoms with Gasteiger partial charge in [-0.1, -0.05) is 23.2 Å². The highest BCUT2D eigenvalue weighted by Gasteiger charge is 2.20. The molecule has 0 spiro atoms. The summed E-state index contributed by atoms with van der Waals surface area (Å²) in [7, 11) is 0. The lowest BCUT2D eigenvalue weighted by atomic mass is 10.1. The first-order valence-electron chi connectivity index (χ1n) is 8.89. The molecule has 3 rings (SSSR count). The Morgan fingerprint density at radius 3 is 2.48 bits per heavy atom. The highest BCUT2D eigenvalue weighted by Crippen LogP contribution is 2.28. The van der Waals surface area contributed by atoms with E-state index >= 15 is 0 Å². The third-order valence-electron chi connectivity index (χ3n) is 4.55. The molecule has 4 nitrogen and oxygen atoms in total. The molecule has 0 unspecified atom stereocenters. The smallest absolute Gasteiger partial charge is 0.251 e. The monoisotopic (exact) mass is 518 g/mol. The number of carbonyl (C=O) groups excluding carboxylic acids is 1. The van der Waals surface area contributed by atoms with E-state index < -0.39 is 0 Å². The molecule has 1 saturated heterocycles. The van der Waals surface area contributed by atoms with Crippen LogP contribution in [0.5, 0.6) is 5.75 Å². The second-order valence-corrected chi connectivity index (χ2v) is 8.56. The van der Waals surface area contributed by atoms with Crippen molar-refractivity contribution in [2.75, 3.05) is 26.2 Å². The van der Waals surface area contributed by atoms with Crippen LogP contribution in [-0.2, 0) is 0 Å². The molecule has 1 N–H and O–H groups in total. The van der Waals surface area contributed by atoms with Crippen molar-refractivity contribution in [3.63, 3.8) is 0 Å². The summed E-state index contributed by atoms with van der Waals surface area (Å²) >= 11 is 14.2. The predicted molar refractivity (Wildman–Crippen MR) is 118 cm³/mol. The van der Waals surface area contributed by atoms with Crippen LogP contribution in [0.3, 0.4) is 0 Å². The minimum atomic E-state index is -0.0239. The number of hydrogen-bond donors (Lipinski definition) is 1. The van der Waals surface area contributed by atoms with Gasteiger partial charge in [-0.3, -0.25) is 4.79 Å². The molecular weight excluding hydrogens is 498 g/mol. The minimum Gasteiger partial charge on any atom is -0.490 e. The Hall–Kier alpha value is -1.02. The number of likely N-dealkylation sites (tertiary alicyclic amines) is 1. The highest BCUT2D eigenvalue weighted by molar-refractivity contribution is 14.1. The first kappa shape index (κ1) is 20.7. The SMILES string of the molecule is O=C(NCCN1CCC(Oc2ccc(Cl)c(Cl)c2)CC1)c1ccc(I)cc1. The molecule has 0 atom stereocenters. The minimum absolute atomic E-state index is 0.0239. The number of amides is 1. The van der Waals surface area contributed by atoms with Gasteiger partial charge in [-0.15, -0.1) is 0 Å². The normalized spacial score (nSPS) is 15.5. The first-order valence-corrected chi connectivity index (χ1v) is 10.7. The van der Waals surface area contributed by atoms with Crippen LogP contribution in [0.15, 0.2) is 42.5 Å². The van der Waals surface area contributed by atoms with E-state index in [1.165, 1.54) is 0 Å².